The van der Waals surface area contributed by atoms with Crippen LogP contribution in [0.2, 0.25) is 0 Å². The van der Waals surface area contributed by atoms with Gasteiger partial charge in [-0.25, -0.2) is 4.79 Å². The van der Waals surface area contributed by atoms with Gasteiger partial charge in [-0.15, -0.1) is 0 Å². The van der Waals surface area contributed by atoms with Gasteiger partial charge in [0.05, 0.1) is 5.56 Å². The van der Waals surface area contributed by atoms with E-state index in [1.165, 1.54) is 5.56 Å². The lowest BCUT2D eigenvalue weighted by molar-refractivity contribution is 0.0697. The van der Waals surface area contributed by atoms with Crippen LogP contribution in [0, 0.1) is 6.92 Å². The van der Waals surface area contributed by atoms with Crippen LogP contribution in [0.25, 0.3) is 11.1 Å². The Kier molecular flexibility index (Phi) is 5.32. The molecule has 2 aromatic carbocycles. The summed E-state index contributed by atoms with van der Waals surface area (Å²) in [6.45, 7) is 4.67. The third-order valence-electron chi connectivity index (χ3n) is 5.54. The second-order valence-electron chi connectivity index (χ2n) is 7.72. The van der Waals surface area contributed by atoms with Crippen LogP contribution in [0.15, 0.2) is 65.5 Å². The van der Waals surface area contributed by atoms with Crippen molar-refractivity contribution in [3.63, 3.8) is 0 Å². The van der Waals surface area contributed by atoms with E-state index in [4.69, 9.17) is 0 Å². The minimum absolute atomic E-state index is 0.0620. The molecule has 3 aromatic rings. The molecule has 5 nitrogen and oxygen atoms in total. The van der Waals surface area contributed by atoms with E-state index in [1.807, 2.05) is 31.2 Å². The average molecular weight is 388 g/mol. The molecule has 1 atom stereocenters. The van der Waals surface area contributed by atoms with Crippen molar-refractivity contribution in [2.75, 3.05) is 13.1 Å². The lowest BCUT2D eigenvalue weighted by Gasteiger charge is -2.17. The van der Waals surface area contributed by atoms with Gasteiger partial charge < -0.3 is 10.1 Å². The smallest absolute Gasteiger partial charge is 0.336 e. The number of aryl methyl sites for hydroxylation is 1. The minimum atomic E-state index is -0.915. The first-order chi connectivity index (χ1) is 14.0. The number of nitrogens with zero attached hydrogens (tertiary/aromatic N) is 1. The number of hydrogen-bond donors (Lipinski definition) is 2. The number of nitrogens with one attached hydrogen (secondary N) is 1. The molecule has 1 aromatic heterocycles. The number of carbonyl (C=O) groups is 1. The van der Waals surface area contributed by atoms with E-state index in [9.17, 15) is 14.7 Å². The van der Waals surface area contributed by atoms with E-state index in [-0.39, 0.29) is 5.43 Å². The number of H-pyrrole nitrogens is 1. The van der Waals surface area contributed by atoms with Gasteiger partial charge in [-0.2, -0.15) is 0 Å². The summed E-state index contributed by atoms with van der Waals surface area (Å²) in [6, 6.07) is 18.5. The normalized spacial score (nSPS) is 16.8. The molecule has 1 aliphatic heterocycles. The summed E-state index contributed by atoms with van der Waals surface area (Å²) < 4.78 is 0. The van der Waals surface area contributed by atoms with Crippen molar-refractivity contribution < 1.29 is 9.90 Å². The van der Waals surface area contributed by atoms with E-state index in [2.05, 4.69) is 22.0 Å². The van der Waals surface area contributed by atoms with Gasteiger partial charge in [-0.05, 0) is 42.6 Å². The highest BCUT2D eigenvalue weighted by Crippen LogP contribution is 2.28. The van der Waals surface area contributed by atoms with Gasteiger partial charge in [0.25, 0.3) is 0 Å². The molecule has 0 amide bonds. The van der Waals surface area contributed by atoms with Crippen molar-refractivity contribution in [3.05, 3.63) is 93.4 Å². The van der Waals surface area contributed by atoms with Crippen LogP contribution in [0.4, 0.5) is 0 Å². The third-order valence-corrected chi connectivity index (χ3v) is 5.54. The van der Waals surface area contributed by atoms with Crippen LogP contribution in [-0.2, 0) is 6.54 Å². The lowest BCUT2D eigenvalue weighted by Crippen LogP contribution is -2.20. The summed E-state index contributed by atoms with van der Waals surface area (Å²) in [6.07, 6.45) is 1.03. The number of benzene rings is 2. The molecule has 29 heavy (non-hydrogen) atoms. The number of aromatic amines is 1. The topological polar surface area (TPSA) is 73.4 Å². The van der Waals surface area contributed by atoms with Crippen LogP contribution in [0.3, 0.4) is 0 Å². The SMILES string of the molecule is Cc1cc(=O)cc([C@H]2CCN(Cc3ccc(-c4ccccc4C(=O)O)cc3)C2)[nH]1. The number of hydrogen-bond acceptors (Lipinski definition) is 3. The van der Waals surface area contributed by atoms with Crippen LogP contribution >= 0.6 is 0 Å². The Labute approximate surface area is 169 Å². The van der Waals surface area contributed by atoms with Gasteiger partial charge in [0.1, 0.15) is 0 Å². The molecule has 4 rings (SSSR count). The van der Waals surface area contributed by atoms with Crippen LogP contribution < -0.4 is 5.43 Å². The van der Waals surface area contributed by atoms with Crippen molar-refractivity contribution >= 4 is 5.97 Å². The first-order valence-electron chi connectivity index (χ1n) is 9.84. The minimum Gasteiger partial charge on any atom is -0.478 e. The summed E-state index contributed by atoms with van der Waals surface area (Å²) in [5.41, 5.74) is 5.14. The third kappa shape index (κ3) is 4.30. The Bertz CT molecular complexity index is 1090. The average Bonchev–Trinajstić information content (AvgIpc) is 3.16. The molecule has 0 aliphatic carbocycles. The predicted octanol–water partition coefficient (Wildman–Crippen LogP) is 4.04. The van der Waals surface area contributed by atoms with Gasteiger partial charge >= 0.3 is 5.97 Å². The fraction of sp³-hybridized carbons (Fsp3) is 0.250. The number of aromatic nitrogens is 1. The van der Waals surface area contributed by atoms with Crippen molar-refractivity contribution in [1.82, 2.24) is 9.88 Å². The number of aromatic carboxylic acids is 1. The van der Waals surface area contributed by atoms with Crippen LogP contribution in [0.5, 0.6) is 0 Å². The van der Waals surface area contributed by atoms with Crippen LogP contribution in [0.1, 0.15) is 39.6 Å². The maximum atomic E-state index is 11.8. The molecule has 2 N–H and O–H groups in total. The molecule has 0 saturated carbocycles. The van der Waals surface area contributed by atoms with Gasteiger partial charge in [-0.3, -0.25) is 9.69 Å². The quantitative estimate of drug-likeness (QED) is 0.692. The molecule has 2 heterocycles. The molecule has 0 bridgehead atoms. The number of carboxylic acids is 1. The second-order valence-corrected chi connectivity index (χ2v) is 7.72. The number of rotatable bonds is 5. The molecular formula is C24H24N2O3. The van der Waals surface area contributed by atoms with Crippen molar-refractivity contribution in [3.8, 4) is 11.1 Å². The van der Waals surface area contributed by atoms with Crippen molar-refractivity contribution in [2.24, 2.45) is 0 Å². The van der Waals surface area contributed by atoms with Gasteiger partial charge in [0.2, 0.25) is 0 Å². The second kappa shape index (κ2) is 8.05. The first-order valence-corrected chi connectivity index (χ1v) is 9.84. The molecule has 5 heteroatoms. The molecule has 0 unspecified atom stereocenters. The monoisotopic (exact) mass is 388 g/mol. The maximum Gasteiger partial charge on any atom is 0.336 e. The Morgan fingerprint density at radius 2 is 1.90 bits per heavy atom. The standard InChI is InChI=1S/C24H24N2O3/c1-16-12-20(27)13-23(25-16)19-10-11-26(15-19)14-17-6-8-18(9-7-17)21-4-2-3-5-22(21)24(28)29/h2-9,12-13,19H,10-11,14-15H2,1H3,(H,25,27)(H,28,29)/t19-/m0/s1. The molecular weight excluding hydrogens is 364 g/mol. The zero-order valence-electron chi connectivity index (χ0n) is 16.4. The van der Waals surface area contributed by atoms with Gasteiger partial charge in [0, 0.05) is 42.5 Å². The van der Waals surface area contributed by atoms with Crippen LogP contribution in [-0.4, -0.2) is 34.0 Å². The largest absolute Gasteiger partial charge is 0.478 e. The number of likely N-dealkylation sites (tertiary alicyclic amines) is 1. The Balaban J connectivity index is 1.45. The summed E-state index contributed by atoms with van der Waals surface area (Å²) in [4.78, 5) is 29.0. The highest BCUT2D eigenvalue weighted by molar-refractivity contribution is 5.95. The highest BCUT2D eigenvalue weighted by Gasteiger charge is 2.24. The predicted molar refractivity (Wildman–Crippen MR) is 113 cm³/mol. The van der Waals surface area contributed by atoms with Gasteiger partial charge in [0.15, 0.2) is 5.43 Å². The zero-order chi connectivity index (χ0) is 20.4. The lowest BCUT2D eigenvalue weighted by atomic mass is 9.98. The summed E-state index contributed by atoms with van der Waals surface area (Å²) >= 11 is 0. The Morgan fingerprint density at radius 1 is 1.14 bits per heavy atom. The number of carboxylic acid groups (broad SMARTS) is 1. The molecule has 148 valence electrons. The molecule has 1 fully saturated rings. The highest BCUT2D eigenvalue weighted by atomic mass is 16.4. The zero-order valence-corrected chi connectivity index (χ0v) is 16.4. The summed E-state index contributed by atoms with van der Waals surface area (Å²) in [5, 5.41) is 9.40. The maximum absolute atomic E-state index is 11.8. The Hall–Kier alpha value is -3.18. The van der Waals surface area contributed by atoms with E-state index in [0.717, 1.165) is 48.6 Å². The molecule has 0 spiro atoms. The molecule has 1 aliphatic rings. The van der Waals surface area contributed by atoms with Crippen molar-refractivity contribution in [1.29, 1.82) is 0 Å². The van der Waals surface area contributed by atoms with E-state index >= 15 is 0 Å². The van der Waals surface area contributed by atoms with Crippen molar-refractivity contribution in [2.45, 2.75) is 25.8 Å². The Morgan fingerprint density at radius 3 is 2.62 bits per heavy atom. The fourth-order valence-corrected chi connectivity index (χ4v) is 4.13. The molecule has 1 saturated heterocycles. The van der Waals surface area contributed by atoms with E-state index in [1.54, 1.807) is 24.3 Å². The summed E-state index contributed by atoms with van der Waals surface area (Å²) in [7, 11) is 0. The fourth-order valence-electron chi connectivity index (χ4n) is 4.13. The van der Waals surface area contributed by atoms with E-state index < -0.39 is 5.97 Å². The summed E-state index contributed by atoms with van der Waals surface area (Å²) in [5.74, 6) is -0.564. The molecule has 0 radical (unpaired) electrons. The first kappa shape index (κ1) is 19.2. The van der Waals surface area contributed by atoms with E-state index in [0.29, 0.717) is 11.5 Å². The number of pyridine rings is 1. The van der Waals surface area contributed by atoms with Gasteiger partial charge in [-0.1, -0.05) is 42.5 Å².